The Hall–Kier alpha value is -3.19. The lowest BCUT2D eigenvalue weighted by molar-refractivity contribution is -0.136. The molecule has 148 valence electrons. The van der Waals surface area contributed by atoms with Gasteiger partial charge in [-0.25, -0.2) is 9.59 Å². The van der Waals surface area contributed by atoms with E-state index in [4.69, 9.17) is 9.47 Å². The second-order valence-electron chi connectivity index (χ2n) is 6.24. The van der Waals surface area contributed by atoms with Crippen molar-refractivity contribution in [1.82, 2.24) is 0 Å². The van der Waals surface area contributed by atoms with E-state index in [-0.39, 0.29) is 17.1 Å². The third kappa shape index (κ3) is 4.00. The highest BCUT2D eigenvalue weighted by atomic mass is 79.9. The highest BCUT2D eigenvalue weighted by Gasteiger charge is 2.37. The number of esters is 2. The summed E-state index contributed by atoms with van der Waals surface area (Å²) in [4.78, 5) is 38.7. The summed E-state index contributed by atoms with van der Waals surface area (Å²) >= 11 is 3.40. The molecule has 7 heteroatoms. The molecular weight excluding hydrogens is 438 g/mol. The predicted octanol–water partition coefficient (Wildman–Crippen LogP) is 4.11. The van der Waals surface area contributed by atoms with Crippen LogP contribution >= 0.6 is 15.9 Å². The van der Waals surface area contributed by atoms with Gasteiger partial charge in [-0.2, -0.15) is 0 Å². The average Bonchev–Trinajstić information content (AvgIpc) is 2.96. The summed E-state index contributed by atoms with van der Waals surface area (Å²) in [5.74, 6) is -1.42. The molecule has 1 aliphatic heterocycles. The van der Waals surface area contributed by atoms with Crippen molar-refractivity contribution >= 4 is 45.5 Å². The maximum atomic E-state index is 13.2. The highest BCUT2D eigenvalue weighted by Crippen LogP contribution is 2.35. The van der Waals surface area contributed by atoms with E-state index in [1.807, 2.05) is 24.3 Å². The van der Waals surface area contributed by atoms with E-state index in [1.54, 1.807) is 37.3 Å². The molecule has 2 aromatic rings. The summed E-state index contributed by atoms with van der Waals surface area (Å²) in [6.07, 6.45) is 1.66. The van der Waals surface area contributed by atoms with Gasteiger partial charge in [0.1, 0.15) is 0 Å². The van der Waals surface area contributed by atoms with Crippen molar-refractivity contribution in [3.8, 4) is 0 Å². The number of benzene rings is 2. The topological polar surface area (TPSA) is 72.9 Å². The SMILES string of the molecule is COC(=O)C1=C(C)N(c2ccc(C(=O)OC)cc2)C(=O)/C1=C\c1cccc(Br)c1. The lowest BCUT2D eigenvalue weighted by atomic mass is 10.0. The summed E-state index contributed by atoms with van der Waals surface area (Å²) in [5, 5.41) is 0. The van der Waals surface area contributed by atoms with E-state index in [0.717, 1.165) is 10.0 Å². The van der Waals surface area contributed by atoms with Gasteiger partial charge in [0.25, 0.3) is 5.91 Å². The van der Waals surface area contributed by atoms with Gasteiger partial charge in [-0.1, -0.05) is 28.1 Å². The highest BCUT2D eigenvalue weighted by molar-refractivity contribution is 9.10. The van der Waals surface area contributed by atoms with Gasteiger partial charge in [-0.15, -0.1) is 0 Å². The lowest BCUT2D eigenvalue weighted by Crippen LogP contribution is -2.24. The van der Waals surface area contributed by atoms with E-state index >= 15 is 0 Å². The number of carbonyl (C=O) groups excluding carboxylic acids is 3. The van der Waals surface area contributed by atoms with Crippen LogP contribution in [0.2, 0.25) is 0 Å². The fourth-order valence-electron chi connectivity index (χ4n) is 3.12. The standard InChI is InChI=1S/C22H18BrNO5/c1-13-19(22(27)29-3)18(12-14-5-4-6-16(23)11-14)20(25)24(13)17-9-7-15(8-10-17)21(26)28-2/h4-12H,1-3H3/b18-12-. The van der Waals surface area contributed by atoms with Crippen molar-refractivity contribution in [3.63, 3.8) is 0 Å². The van der Waals surface area contributed by atoms with Crippen molar-refractivity contribution in [3.05, 3.63) is 81.0 Å². The zero-order chi connectivity index (χ0) is 21.1. The van der Waals surface area contributed by atoms with Gasteiger partial charge in [-0.3, -0.25) is 9.69 Å². The van der Waals surface area contributed by atoms with Gasteiger partial charge in [-0.05, 0) is 55.0 Å². The van der Waals surface area contributed by atoms with Crippen molar-refractivity contribution in [2.75, 3.05) is 19.1 Å². The summed E-state index contributed by atoms with van der Waals surface area (Å²) in [6, 6.07) is 13.8. The Morgan fingerprint density at radius 1 is 1.00 bits per heavy atom. The molecular formula is C22H18BrNO5. The fourth-order valence-corrected chi connectivity index (χ4v) is 3.54. The van der Waals surface area contributed by atoms with Gasteiger partial charge in [0.15, 0.2) is 0 Å². The monoisotopic (exact) mass is 455 g/mol. The first-order valence-electron chi connectivity index (χ1n) is 8.67. The Morgan fingerprint density at radius 3 is 2.24 bits per heavy atom. The number of anilines is 1. The molecule has 0 spiro atoms. The van der Waals surface area contributed by atoms with Gasteiger partial charge >= 0.3 is 11.9 Å². The molecule has 0 aromatic heterocycles. The largest absolute Gasteiger partial charge is 0.465 e. The molecule has 29 heavy (non-hydrogen) atoms. The van der Waals surface area contributed by atoms with Gasteiger partial charge in [0.2, 0.25) is 0 Å². The summed E-state index contributed by atoms with van der Waals surface area (Å²) in [6.45, 7) is 1.68. The quantitative estimate of drug-likeness (QED) is 0.512. The van der Waals surface area contributed by atoms with Crippen molar-refractivity contribution in [2.24, 2.45) is 0 Å². The normalized spacial score (nSPS) is 15.1. The Morgan fingerprint density at radius 2 is 1.66 bits per heavy atom. The number of ether oxygens (including phenoxy) is 2. The zero-order valence-electron chi connectivity index (χ0n) is 16.1. The van der Waals surface area contributed by atoms with Gasteiger partial charge in [0, 0.05) is 15.9 Å². The number of methoxy groups -OCH3 is 2. The van der Waals surface area contributed by atoms with E-state index in [2.05, 4.69) is 15.9 Å². The van der Waals surface area contributed by atoms with Gasteiger partial charge in [0.05, 0.1) is 30.9 Å². The summed E-state index contributed by atoms with van der Waals surface area (Å²) < 4.78 is 10.5. The predicted molar refractivity (Wildman–Crippen MR) is 112 cm³/mol. The molecule has 0 saturated carbocycles. The summed E-state index contributed by atoms with van der Waals surface area (Å²) in [5.41, 5.74) is 2.55. The molecule has 1 amide bonds. The van der Waals surface area contributed by atoms with Crippen LogP contribution in [0, 0.1) is 0 Å². The Balaban J connectivity index is 2.08. The smallest absolute Gasteiger partial charge is 0.340 e. The number of hydrogen-bond acceptors (Lipinski definition) is 5. The zero-order valence-corrected chi connectivity index (χ0v) is 17.6. The van der Waals surface area contributed by atoms with Crippen molar-refractivity contribution < 1.29 is 23.9 Å². The third-order valence-electron chi connectivity index (χ3n) is 4.50. The van der Waals surface area contributed by atoms with Crippen LogP contribution in [0.25, 0.3) is 6.08 Å². The minimum absolute atomic E-state index is 0.203. The Bertz CT molecular complexity index is 1050. The van der Waals surface area contributed by atoms with Crippen LogP contribution in [-0.4, -0.2) is 32.1 Å². The molecule has 0 radical (unpaired) electrons. The molecule has 0 N–H and O–H groups in total. The van der Waals surface area contributed by atoms with E-state index in [1.165, 1.54) is 19.1 Å². The number of amides is 1. The van der Waals surface area contributed by atoms with Crippen LogP contribution in [0.3, 0.4) is 0 Å². The summed E-state index contributed by atoms with van der Waals surface area (Å²) in [7, 11) is 2.58. The molecule has 0 saturated heterocycles. The maximum absolute atomic E-state index is 13.2. The molecule has 0 aliphatic carbocycles. The van der Waals surface area contributed by atoms with Crippen LogP contribution < -0.4 is 4.90 Å². The molecule has 0 unspecified atom stereocenters. The Kier molecular flexibility index (Phi) is 5.98. The second-order valence-corrected chi connectivity index (χ2v) is 7.16. The maximum Gasteiger partial charge on any atom is 0.340 e. The first-order valence-corrected chi connectivity index (χ1v) is 9.46. The minimum Gasteiger partial charge on any atom is -0.465 e. The van der Waals surface area contributed by atoms with Crippen molar-refractivity contribution in [1.29, 1.82) is 0 Å². The van der Waals surface area contributed by atoms with Crippen LogP contribution in [0.15, 0.2) is 69.8 Å². The van der Waals surface area contributed by atoms with Crippen molar-refractivity contribution in [2.45, 2.75) is 6.92 Å². The molecule has 1 aliphatic rings. The number of hydrogen-bond donors (Lipinski definition) is 0. The average molecular weight is 456 g/mol. The van der Waals surface area contributed by atoms with Crippen LogP contribution in [0.1, 0.15) is 22.8 Å². The molecule has 6 nitrogen and oxygen atoms in total. The van der Waals surface area contributed by atoms with Gasteiger partial charge < -0.3 is 9.47 Å². The van der Waals surface area contributed by atoms with E-state index < -0.39 is 11.9 Å². The molecule has 0 atom stereocenters. The minimum atomic E-state index is -0.592. The molecule has 0 fully saturated rings. The number of nitrogens with zero attached hydrogens (tertiary/aromatic N) is 1. The number of allylic oxidation sites excluding steroid dienone is 1. The van der Waals surface area contributed by atoms with Crippen LogP contribution in [-0.2, 0) is 19.1 Å². The first kappa shape index (κ1) is 20.5. The fraction of sp³-hybridized carbons (Fsp3) is 0.136. The second kappa shape index (κ2) is 8.45. The first-order chi connectivity index (χ1) is 13.9. The van der Waals surface area contributed by atoms with E-state index in [0.29, 0.717) is 16.9 Å². The number of halogens is 1. The number of rotatable bonds is 4. The lowest BCUT2D eigenvalue weighted by Gasteiger charge is -2.18. The van der Waals surface area contributed by atoms with E-state index in [9.17, 15) is 14.4 Å². The van der Waals surface area contributed by atoms with Crippen LogP contribution in [0.4, 0.5) is 5.69 Å². The third-order valence-corrected chi connectivity index (χ3v) is 4.99. The molecule has 0 bridgehead atoms. The molecule has 1 heterocycles. The Labute approximate surface area is 176 Å². The molecule has 2 aromatic carbocycles. The number of carbonyl (C=O) groups is 3. The molecule has 3 rings (SSSR count). The van der Waals surface area contributed by atoms with Crippen LogP contribution in [0.5, 0.6) is 0 Å².